The topological polar surface area (TPSA) is 35.5 Å². The number of ether oxygens (including phenoxy) is 2. The lowest BCUT2D eigenvalue weighted by Gasteiger charge is -2.45. The van der Waals surface area contributed by atoms with E-state index >= 15 is 0 Å². The number of hydrogen-bond donors (Lipinski definition) is 0. The molecule has 22 heavy (non-hydrogen) atoms. The Morgan fingerprint density at radius 3 is 2.91 bits per heavy atom. The summed E-state index contributed by atoms with van der Waals surface area (Å²) in [5.74, 6) is 0.758. The van der Waals surface area contributed by atoms with Crippen molar-refractivity contribution in [3.05, 3.63) is 23.8 Å². The van der Waals surface area contributed by atoms with Gasteiger partial charge in [-0.1, -0.05) is 24.6 Å². The lowest BCUT2D eigenvalue weighted by atomic mass is 9.59. The minimum Gasteiger partial charge on any atom is -0.350 e. The zero-order valence-corrected chi connectivity index (χ0v) is 13.5. The SMILES string of the molecule is C[C@]12C=C[C@@H]3CC(=O)C=C(CCCC4OCCO4)[C@@]3(CC1)C2. The van der Waals surface area contributed by atoms with Crippen LogP contribution in [0.5, 0.6) is 0 Å². The third kappa shape index (κ3) is 2.39. The minimum absolute atomic E-state index is 0.0201. The monoisotopic (exact) mass is 302 g/mol. The van der Waals surface area contributed by atoms with Crippen molar-refractivity contribution >= 4 is 5.78 Å². The fourth-order valence-electron chi connectivity index (χ4n) is 5.14. The third-order valence-electron chi connectivity index (χ3n) is 6.27. The van der Waals surface area contributed by atoms with Crippen LogP contribution in [0.1, 0.15) is 51.9 Å². The van der Waals surface area contributed by atoms with E-state index in [1.165, 1.54) is 24.8 Å². The average Bonchev–Trinajstić information content (AvgIpc) is 3.08. The van der Waals surface area contributed by atoms with Crippen molar-refractivity contribution in [1.29, 1.82) is 0 Å². The number of carbonyl (C=O) groups is 1. The van der Waals surface area contributed by atoms with Crippen LogP contribution in [-0.4, -0.2) is 25.3 Å². The van der Waals surface area contributed by atoms with Crippen LogP contribution in [0, 0.1) is 16.7 Å². The quantitative estimate of drug-likeness (QED) is 0.741. The van der Waals surface area contributed by atoms with Crippen LogP contribution in [-0.2, 0) is 14.3 Å². The first kappa shape index (κ1) is 14.6. The van der Waals surface area contributed by atoms with Crippen LogP contribution in [0.4, 0.5) is 0 Å². The van der Waals surface area contributed by atoms with Crippen molar-refractivity contribution in [2.75, 3.05) is 13.2 Å². The van der Waals surface area contributed by atoms with Crippen molar-refractivity contribution < 1.29 is 14.3 Å². The molecule has 0 radical (unpaired) electrons. The molecule has 2 fully saturated rings. The molecule has 2 bridgehead atoms. The maximum absolute atomic E-state index is 12.1. The largest absolute Gasteiger partial charge is 0.350 e. The number of hydrogen-bond acceptors (Lipinski definition) is 3. The van der Waals surface area contributed by atoms with E-state index in [0.29, 0.717) is 23.5 Å². The molecule has 1 spiro atoms. The van der Waals surface area contributed by atoms with E-state index in [2.05, 4.69) is 19.1 Å². The smallest absolute Gasteiger partial charge is 0.157 e. The molecule has 1 heterocycles. The van der Waals surface area contributed by atoms with E-state index in [9.17, 15) is 4.79 Å². The summed E-state index contributed by atoms with van der Waals surface area (Å²) in [6.45, 7) is 3.82. The van der Waals surface area contributed by atoms with Gasteiger partial charge in [-0.3, -0.25) is 4.79 Å². The normalized spacial score (nSPS) is 40.9. The predicted molar refractivity (Wildman–Crippen MR) is 84.3 cm³/mol. The van der Waals surface area contributed by atoms with Gasteiger partial charge in [0.05, 0.1) is 13.2 Å². The van der Waals surface area contributed by atoms with Crippen LogP contribution in [0.3, 0.4) is 0 Å². The summed E-state index contributed by atoms with van der Waals surface area (Å²) in [6, 6.07) is 0. The highest BCUT2D eigenvalue weighted by Crippen LogP contribution is 2.63. The molecule has 0 N–H and O–H groups in total. The molecule has 3 heteroatoms. The zero-order chi connectivity index (χ0) is 15.2. The molecule has 0 aromatic rings. The van der Waals surface area contributed by atoms with Gasteiger partial charge in [-0.25, -0.2) is 0 Å². The Morgan fingerprint density at radius 1 is 1.27 bits per heavy atom. The fourth-order valence-corrected chi connectivity index (χ4v) is 5.14. The number of allylic oxidation sites excluding steroid dienone is 4. The average molecular weight is 302 g/mol. The van der Waals surface area contributed by atoms with Gasteiger partial charge in [0.2, 0.25) is 0 Å². The Hall–Kier alpha value is -0.930. The molecule has 0 aromatic heterocycles. The van der Waals surface area contributed by atoms with Crippen molar-refractivity contribution in [2.45, 2.75) is 58.2 Å². The van der Waals surface area contributed by atoms with Crippen LogP contribution in [0.15, 0.2) is 23.8 Å². The number of fused-ring (bicyclic) bond motifs is 1. The molecule has 120 valence electrons. The van der Waals surface area contributed by atoms with Crippen molar-refractivity contribution in [2.24, 2.45) is 16.7 Å². The van der Waals surface area contributed by atoms with Gasteiger partial charge in [0.25, 0.3) is 0 Å². The molecule has 1 saturated heterocycles. The highest BCUT2D eigenvalue weighted by atomic mass is 16.7. The van der Waals surface area contributed by atoms with Gasteiger partial charge in [0.15, 0.2) is 12.1 Å². The number of ketones is 1. The molecule has 1 saturated carbocycles. The van der Waals surface area contributed by atoms with Crippen LogP contribution in [0.2, 0.25) is 0 Å². The first-order valence-electron chi connectivity index (χ1n) is 8.76. The van der Waals surface area contributed by atoms with E-state index in [0.717, 1.165) is 32.5 Å². The van der Waals surface area contributed by atoms with E-state index in [1.807, 2.05) is 6.08 Å². The molecule has 4 aliphatic rings. The van der Waals surface area contributed by atoms with Gasteiger partial charge in [0.1, 0.15) is 0 Å². The van der Waals surface area contributed by atoms with Crippen molar-refractivity contribution in [3.63, 3.8) is 0 Å². The van der Waals surface area contributed by atoms with Gasteiger partial charge in [-0.2, -0.15) is 0 Å². The lowest BCUT2D eigenvalue weighted by molar-refractivity contribution is -0.116. The molecule has 1 aliphatic heterocycles. The second-order valence-corrected chi connectivity index (χ2v) is 7.86. The first-order chi connectivity index (χ1) is 10.6. The van der Waals surface area contributed by atoms with E-state index < -0.39 is 0 Å². The molecular formula is C19H26O3. The van der Waals surface area contributed by atoms with E-state index in [1.54, 1.807) is 0 Å². The van der Waals surface area contributed by atoms with Gasteiger partial charge in [-0.15, -0.1) is 0 Å². The Balaban J connectivity index is 1.49. The molecule has 3 nitrogen and oxygen atoms in total. The standard InChI is InChI=1S/C19H26O3/c1-18-6-5-15-12-16(20)11-14(19(15,13-18)8-7-18)3-2-4-17-21-9-10-22-17/h5-6,11,15,17H,2-4,7-10,12-13H2,1H3/t15-,18+,19-/m1/s1. The maximum Gasteiger partial charge on any atom is 0.157 e. The van der Waals surface area contributed by atoms with Gasteiger partial charge < -0.3 is 9.47 Å². The van der Waals surface area contributed by atoms with E-state index in [-0.39, 0.29) is 11.7 Å². The van der Waals surface area contributed by atoms with Crippen LogP contribution >= 0.6 is 0 Å². The minimum atomic E-state index is -0.0201. The third-order valence-corrected chi connectivity index (χ3v) is 6.27. The summed E-state index contributed by atoms with van der Waals surface area (Å²) in [4.78, 5) is 12.1. The predicted octanol–water partition coefficient (Wildman–Crippen LogP) is 3.79. The lowest BCUT2D eigenvalue weighted by Crippen LogP contribution is -2.37. The van der Waals surface area contributed by atoms with Crippen LogP contribution in [0.25, 0.3) is 0 Å². The Bertz CT molecular complexity index is 529. The van der Waals surface area contributed by atoms with Gasteiger partial charge in [-0.05, 0) is 61.3 Å². The number of rotatable bonds is 4. The second kappa shape index (κ2) is 5.31. The summed E-state index contributed by atoms with van der Waals surface area (Å²) < 4.78 is 11.1. The second-order valence-electron chi connectivity index (χ2n) is 7.86. The Labute approximate surface area is 132 Å². The summed E-state index contributed by atoms with van der Waals surface area (Å²) >= 11 is 0. The highest BCUT2D eigenvalue weighted by Gasteiger charge is 2.54. The summed E-state index contributed by atoms with van der Waals surface area (Å²) in [6.07, 6.45) is 14.2. The van der Waals surface area contributed by atoms with E-state index in [4.69, 9.17) is 9.47 Å². The summed E-state index contributed by atoms with van der Waals surface area (Å²) in [5, 5.41) is 0. The van der Waals surface area contributed by atoms with Crippen molar-refractivity contribution in [1.82, 2.24) is 0 Å². The molecule has 4 rings (SSSR count). The Kier molecular flexibility index (Phi) is 3.54. The molecular weight excluding hydrogens is 276 g/mol. The van der Waals surface area contributed by atoms with Gasteiger partial charge >= 0.3 is 0 Å². The molecule has 0 aromatic carbocycles. The number of carbonyl (C=O) groups excluding carboxylic acids is 1. The maximum atomic E-state index is 12.1. The fraction of sp³-hybridized carbons (Fsp3) is 0.737. The molecule has 0 amide bonds. The van der Waals surface area contributed by atoms with Crippen LogP contribution < -0.4 is 0 Å². The Morgan fingerprint density at radius 2 is 2.09 bits per heavy atom. The highest BCUT2D eigenvalue weighted by molar-refractivity contribution is 5.92. The first-order valence-corrected chi connectivity index (χ1v) is 8.76. The summed E-state index contributed by atoms with van der Waals surface area (Å²) in [7, 11) is 0. The zero-order valence-electron chi connectivity index (χ0n) is 13.5. The van der Waals surface area contributed by atoms with Gasteiger partial charge in [0, 0.05) is 6.42 Å². The molecule has 3 atom stereocenters. The van der Waals surface area contributed by atoms with Crippen molar-refractivity contribution in [3.8, 4) is 0 Å². The molecule has 0 unspecified atom stereocenters. The summed E-state index contributed by atoms with van der Waals surface area (Å²) in [5.41, 5.74) is 2.04. The molecule has 3 aliphatic carbocycles.